The van der Waals surface area contributed by atoms with E-state index < -0.39 is 6.04 Å². The quantitative estimate of drug-likeness (QED) is 0.705. The number of rotatable bonds is 8. The van der Waals surface area contributed by atoms with E-state index in [1.165, 1.54) is 0 Å². The Morgan fingerprint density at radius 3 is 2.42 bits per heavy atom. The molecule has 0 saturated carbocycles. The number of nitrogens with one attached hydrogen (secondary N) is 1. The van der Waals surface area contributed by atoms with Gasteiger partial charge in [0.15, 0.2) is 6.04 Å². The van der Waals surface area contributed by atoms with Crippen LogP contribution >= 0.6 is 0 Å². The number of benzene rings is 1. The lowest BCUT2D eigenvalue weighted by atomic mass is 9.91. The Hall–Kier alpha value is -2.67. The molecule has 7 heteroatoms. The van der Waals surface area contributed by atoms with E-state index >= 15 is 0 Å². The van der Waals surface area contributed by atoms with Crippen LogP contribution in [0.15, 0.2) is 48.8 Å². The Labute approximate surface area is 185 Å². The summed E-state index contributed by atoms with van der Waals surface area (Å²) in [6.07, 6.45) is 4.89. The van der Waals surface area contributed by atoms with Gasteiger partial charge in [0.25, 0.3) is 5.91 Å². The van der Waals surface area contributed by atoms with Crippen molar-refractivity contribution in [1.82, 2.24) is 24.9 Å². The first-order chi connectivity index (χ1) is 14.8. The predicted octanol–water partition coefficient (Wildman–Crippen LogP) is 2.42. The van der Waals surface area contributed by atoms with Crippen molar-refractivity contribution in [3.05, 3.63) is 54.4 Å². The molecule has 7 nitrogen and oxygen atoms in total. The van der Waals surface area contributed by atoms with Crippen molar-refractivity contribution in [2.75, 3.05) is 40.3 Å². The van der Waals surface area contributed by atoms with Gasteiger partial charge in [-0.1, -0.05) is 44.2 Å². The van der Waals surface area contributed by atoms with Crippen LogP contribution in [0.5, 0.6) is 0 Å². The third-order valence-electron chi connectivity index (χ3n) is 5.80. The zero-order valence-electron chi connectivity index (χ0n) is 19.1. The molecule has 3 rings (SSSR count). The zero-order valence-corrected chi connectivity index (χ0v) is 19.1. The second-order valence-corrected chi connectivity index (χ2v) is 9.52. The molecule has 1 atom stereocenters. The summed E-state index contributed by atoms with van der Waals surface area (Å²) < 4.78 is 1.71. The van der Waals surface area contributed by atoms with Gasteiger partial charge in [0.2, 0.25) is 5.91 Å². The molecule has 0 aliphatic carbocycles. The van der Waals surface area contributed by atoms with Gasteiger partial charge >= 0.3 is 0 Å². The standard InChI is InChI=1S/C24H35N5O2/c1-24(2,18-27(3)4)17-25-22(30)20-11-15-28(16-12-20)23(31)21(29-14-8-13-26-29)19-9-6-5-7-10-19/h5-10,13-14,20-21H,11-12,15-18H2,1-4H3,(H,25,30). The molecule has 0 bridgehead atoms. The average molecular weight is 426 g/mol. The molecule has 1 aliphatic heterocycles. The lowest BCUT2D eigenvalue weighted by Gasteiger charge is -2.34. The average Bonchev–Trinajstić information content (AvgIpc) is 3.26. The van der Waals surface area contributed by atoms with Crippen molar-refractivity contribution in [3.63, 3.8) is 0 Å². The lowest BCUT2D eigenvalue weighted by Crippen LogP contribution is -2.47. The fourth-order valence-electron chi connectivity index (χ4n) is 4.39. The van der Waals surface area contributed by atoms with Crippen LogP contribution in [0.3, 0.4) is 0 Å². The van der Waals surface area contributed by atoms with E-state index in [2.05, 4.69) is 29.2 Å². The maximum absolute atomic E-state index is 13.4. The van der Waals surface area contributed by atoms with Crippen LogP contribution < -0.4 is 5.32 Å². The molecular weight excluding hydrogens is 390 g/mol. The predicted molar refractivity (Wildman–Crippen MR) is 121 cm³/mol. The summed E-state index contributed by atoms with van der Waals surface area (Å²) >= 11 is 0. The highest BCUT2D eigenvalue weighted by molar-refractivity contribution is 5.84. The number of hydrogen-bond acceptors (Lipinski definition) is 4. The summed E-state index contributed by atoms with van der Waals surface area (Å²) in [6.45, 7) is 7.05. The zero-order chi connectivity index (χ0) is 22.4. The molecule has 2 aromatic rings. The number of likely N-dealkylation sites (tertiary alicyclic amines) is 1. The van der Waals surface area contributed by atoms with Crippen LogP contribution in [0, 0.1) is 11.3 Å². The van der Waals surface area contributed by atoms with Crippen molar-refractivity contribution in [2.45, 2.75) is 32.7 Å². The number of piperidine rings is 1. The summed E-state index contributed by atoms with van der Waals surface area (Å²) in [5.74, 6) is 0.0885. The van der Waals surface area contributed by atoms with E-state index in [9.17, 15) is 9.59 Å². The van der Waals surface area contributed by atoms with Crippen molar-refractivity contribution in [1.29, 1.82) is 0 Å². The molecule has 0 radical (unpaired) electrons. The van der Waals surface area contributed by atoms with Crippen LogP contribution in [-0.4, -0.2) is 71.7 Å². The largest absolute Gasteiger partial charge is 0.355 e. The Kier molecular flexibility index (Phi) is 7.49. The SMILES string of the molecule is CN(C)CC(C)(C)CNC(=O)C1CCN(C(=O)C(c2ccccc2)n2cccn2)CC1. The highest BCUT2D eigenvalue weighted by atomic mass is 16.2. The van der Waals surface area contributed by atoms with Crippen molar-refractivity contribution < 1.29 is 9.59 Å². The van der Waals surface area contributed by atoms with Crippen LogP contribution in [0.4, 0.5) is 0 Å². The van der Waals surface area contributed by atoms with Gasteiger partial charge in [-0.2, -0.15) is 5.10 Å². The fourth-order valence-corrected chi connectivity index (χ4v) is 4.39. The highest BCUT2D eigenvalue weighted by Gasteiger charge is 2.33. The Morgan fingerprint density at radius 1 is 1.16 bits per heavy atom. The monoisotopic (exact) mass is 425 g/mol. The van der Waals surface area contributed by atoms with Crippen LogP contribution in [0.1, 0.15) is 38.3 Å². The summed E-state index contributed by atoms with van der Waals surface area (Å²) in [4.78, 5) is 30.1. The Bertz CT molecular complexity index is 840. The van der Waals surface area contributed by atoms with E-state index in [-0.39, 0.29) is 23.1 Å². The minimum absolute atomic E-state index is 0.0164. The van der Waals surface area contributed by atoms with Gasteiger partial charge in [-0.05, 0) is 44.0 Å². The summed E-state index contributed by atoms with van der Waals surface area (Å²) in [5, 5.41) is 7.45. The first-order valence-corrected chi connectivity index (χ1v) is 11.0. The number of hydrogen-bond donors (Lipinski definition) is 1. The molecule has 1 N–H and O–H groups in total. The van der Waals surface area contributed by atoms with Crippen molar-refractivity contribution >= 4 is 11.8 Å². The molecule has 1 aromatic heterocycles. The molecule has 1 aromatic carbocycles. The van der Waals surface area contributed by atoms with Gasteiger partial charge in [0.1, 0.15) is 0 Å². The first-order valence-electron chi connectivity index (χ1n) is 11.0. The van der Waals surface area contributed by atoms with Crippen LogP contribution in [0.2, 0.25) is 0 Å². The number of amides is 2. The molecule has 1 saturated heterocycles. The Morgan fingerprint density at radius 2 is 1.84 bits per heavy atom. The van der Waals surface area contributed by atoms with Crippen molar-refractivity contribution in [3.8, 4) is 0 Å². The minimum Gasteiger partial charge on any atom is -0.355 e. The third kappa shape index (κ3) is 6.17. The highest BCUT2D eigenvalue weighted by Crippen LogP contribution is 2.25. The van der Waals surface area contributed by atoms with Gasteiger partial charge in [-0.15, -0.1) is 0 Å². The van der Waals surface area contributed by atoms with Crippen molar-refractivity contribution in [2.24, 2.45) is 11.3 Å². The molecule has 1 aliphatic rings. The van der Waals surface area contributed by atoms with Gasteiger partial charge < -0.3 is 15.1 Å². The maximum atomic E-state index is 13.4. The topological polar surface area (TPSA) is 70.5 Å². The molecule has 168 valence electrons. The van der Waals surface area contributed by atoms with E-state index in [1.54, 1.807) is 10.9 Å². The molecule has 2 amide bonds. The number of carbonyl (C=O) groups excluding carboxylic acids is 2. The Balaban J connectivity index is 1.58. The molecule has 0 spiro atoms. The smallest absolute Gasteiger partial charge is 0.252 e. The maximum Gasteiger partial charge on any atom is 0.252 e. The second kappa shape index (κ2) is 10.1. The van der Waals surface area contributed by atoms with Crippen LogP contribution in [-0.2, 0) is 9.59 Å². The normalized spacial score (nSPS) is 16.4. The molecule has 1 unspecified atom stereocenters. The van der Waals surface area contributed by atoms with E-state index in [0.717, 1.165) is 12.1 Å². The molecular formula is C24H35N5O2. The fraction of sp³-hybridized carbons (Fsp3) is 0.542. The van der Waals surface area contributed by atoms with E-state index in [1.807, 2.05) is 61.6 Å². The van der Waals surface area contributed by atoms with Gasteiger partial charge in [0, 0.05) is 44.5 Å². The number of carbonyl (C=O) groups is 2. The third-order valence-corrected chi connectivity index (χ3v) is 5.80. The molecule has 1 fully saturated rings. The summed E-state index contributed by atoms with van der Waals surface area (Å²) in [6, 6.07) is 11.1. The lowest BCUT2D eigenvalue weighted by molar-refractivity contribution is -0.137. The van der Waals surface area contributed by atoms with Gasteiger partial charge in [-0.25, -0.2) is 0 Å². The molecule has 31 heavy (non-hydrogen) atoms. The van der Waals surface area contributed by atoms with Crippen LogP contribution in [0.25, 0.3) is 0 Å². The van der Waals surface area contributed by atoms with Gasteiger partial charge in [-0.3, -0.25) is 14.3 Å². The minimum atomic E-state index is -0.478. The van der Waals surface area contributed by atoms with E-state index in [4.69, 9.17) is 0 Å². The second-order valence-electron chi connectivity index (χ2n) is 9.52. The summed E-state index contributed by atoms with van der Waals surface area (Å²) in [5.41, 5.74) is 0.932. The first kappa shape index (κ1) is 23.0. The number of aromatic nitrogens is 2. The number of nitrogens with zero attached hydrogens (tertiary/aromatic N) is 4. The van der Waals surface area contributed by atoms with Gasteiger partial charge in [0.05, 0.1) is 0 Å². The van der Waals surface area contributed by atoms with E-state index in [0.29, 0.717) is 32.5 Å². The summed E-state index contributed by atoms with van der Waals surface area (Å²) in [7, 11) is 4.09. The molecule has 2 heterocycles.